The maximum Gasteiger partial charge on any atom is 0.270 e. The van der Waals surface area contributed by atoms with Crippen LogP contribution in [0.3, 0.4) is 0 Å². The molecule has 1 aromatic heterocycles. The Morgan fingerprint density at radius 2 is 2.00 bits per heavy atom. The van der Waals surface area contributed by atoms with Gasteiger partial charge >= 0.3 is 0 Å². The Bertz CT molecular complexity index is 1230. The molecule has 1 N–H and O–H groups in total. The van der Waals surface area contributed by atoms with E-state index < -0.39 is 5.56 Å². The van der Waals surface area contributed by atoms with Crippen molar-refractivity contribution in [1.82, 2.24) is 9.47 Å². The van der Waals surface area contributed by atoms with E-state index in [1.54, 1.807) is 38.1 Å². The molecule has 32 heavy (non-hydrogen) atoms. The zero-order valence-corrected chi connectivity index (χ0v) is 19.3. The van der Waals surface area contributed by atoms with Crippen molar-refractivity contribution in [2.24, 2.45) is 0 Å². The summed E-state index contributed by atoms with van der Waals surface area (Å²) in [7, 11) is 0. The number of aromatic nitrogens is 1. The van der Waals surface area contributed by atoms with Crippen LogP contribution in [0, 0.1) is 24.1 Å². The fourth-order valence-electron chi connectivity index (χ4n) is 3.36. The first-order valence-corrected chi connectivity index (χ1v) is 11.1. The third kappa shape index (κ3) is 4.52. The molecule has 0 bridgehead atoms. The first kappa shape index (κ1) is 23.4. The SMILES string of the molecule is C=CCN1C(=O)/C(=C\c2c(C)c(C#N)c(=O)n(CC)c2NCc2ccc(F)cc2)SC1=S. The summed E-state index contributed by atoms with van der Waals surface area (Å²) in [6.07, 6.45) is 3.26. The maximum absolute atomic E-state index is 13.2. The van der Waals surface area contributed by atoms with E-state index in [0.717, 1.165) is 17.3 Å². The molecule has 1 fully saturated rings. The van der Waals surface area contributed by atoms with E-state index in [9.17, 15) is 19.2 Å². The van der Waals surface area contributed by atoms with Crippen LogP contribution in [0.15, 0.2) is 46.6 Å². The number of thioether (sulfide) groups is 1. The molecule has 1 amide bonds. The molecule has 2 heterocycles. The van der Waals surface area contributed by atoms with Crippen LogP contribution in [-0.4, -0.2) is 26.2 Å². The minimum absolute atomic E-state index is 0.0204. The Morgan fingerprint density at radius 1 is 1.31 bits per heavy atom. The molecule has 3 rings (SSSR count). The third-order valence-corrected chi connectivity index (χ3v) is 6.40. The number of hydrogen-bond acceptors (Lipinski definition) is 6. The summed E-state index contributed by atoms with van der Waals surface area (Å²) in [5, 5.41) is 12.8. The summed E-state index contributed by atoms with van der Waals surface area (Å²) < 4.78 is 15.1. The average molecular weight is 469 g/mol. The van der Waals surface area contributed by atoms with Gasteiger partial charge < -0.3 is 5.32 Å². The zero-order chi connectivity index (χ0) is 23.4. The molecule has 0 atom stereocenters. The number of pyridine rings is 1. The van der Waals surface area contributed by atoms with E-state index in [-0.39, 0.29) is 17.3 Å². The van der Waals surface area contributed by atoms with E-state index in [0.29, 0.717) is 45.8 Å². The lowest BCUT2D eigenvalue weighted by Gasteiger charge is -2.19. The summed E-state index contributed by atoms with van der Waals surface area (Å²) in [6.45, 7) is 8.07. The molecule has 1 aliphatic rings. The number of anilines is 1. The molecule has 1 aliphatic heterocycles. The lowest BCUT2D eigenvalue weighted by atomic mass is 10.0. The molecular formula is C23H21FN4O2S2. The van der Waals surface area contributed by atoms with Gasteiger partial charge in [0.25, 0.3) is 11.5 Å². The Balaban J connectivity index is 2.13. The van der Waals surface area contributed by atoms with Crippen molar-refractivity contribution in [3.63, 3.8) is 0 Å². The second-order valence-corrected chi connectivity index (χ2v) is 8.66. The predicted molar refractivity (Wildman–Crippen MR) is 130 cm³/mol. The highest BCUT2D eigenvalue weighted by atomic mass is 32.2. The first-order chi connectivity index (χ1) is 15.3. The van der Waals surface area contributed by atoms with Gasteiger partial charge in [0.1, 0.15) is 27.6 Å². The number of carbonyl (C=O) groups is 1. The van der Waals surface area contributed by atoms with E-state index in [1.807, 2.05) is 6.07 Å². The zero-order valence-electron chi connectivity index (χ0n) is 17.6. The highest BCUT2D eigenvalue weighted by Crippen LogP contribution is 2.35. The molecule has 9 heteroatoms. The fraction of sp³-hybridized carbons (Fsp3) is 0.217. The number of benzene rings is 1. The Hall–Kier alpha value is -3.22. The minimum atomic E-state index is -0.412. The molecular weight excluding hydrogens is 447 g/mol. The second-order valence-electron chi connectivity index (χ2n) is 6.98. The number of halogens is 1. The molecule has 0 spiro atoms. The lowest BCUT2D eigenvalue weighted by molar-refractivity contribution is -0.121. The molecule has 0 saturated carbocycles. The van der Waals surface area contributed by atoms with Gasteiger partial charge in [-0.05, 0) is 43.2 Å². The van der Waals surface area contributed by atoms with Gasteiger partial charge in [0.05, 0.1) is 4.91 Å². The first-order valence-electron chi connectivity index (χ1n) is 9.84. The predicted octanol–water partition coefficient (Wildman–Crippen LogP) is 4.19. The van der Waals surface area contributed by atoms with Crippen molar-refractivity contribution >= 4 is 46.1 Å². The quantitative estimate of drug-likeness (QED) is 0.373. The van der Waals surface area contributed by atoms with Gasteiger partial charge in [-0.15, -0.1) is 6.58 Å². The summed E-state index contributed by atoms with van der Waals surface area (Å²) in [5.41, 5.74) is 1.45. The number of nitrogens with one attached hydrogen (secondary N) is 1. The number of carbonyl (C=O) groups excluding carboxylic acids is 1. The molecule has 0 aliphatic carbocycles. The van der Waals surface area contributed by atoms with E-state index in [1.165, 1.54) is 21.6 Å². The highest BCUT2D eigenvalue weighted by molar-refractivity contribution is 8.26. The number of thiocarbonyl (C=S) groups is 1. The molecule has 2 aromatic rings. The highest BCUT2D eigenvalue weighted by Gasteiger charge is 2.32. The molecule has 0 unspecified atom stereocenters. The molecule has 164 valence electrons. The van der Waals surface area contributed by atoms with Crippen molar-refractivity contribution in [3.8, 4) is 6.07 Å². The standard InChI is InChI=1S/C23H21FN4O2S2/c1-4-10-28-22(30)19(32-23(28)31)11-17-14(3)18(12-25)21(29)27(5-2)20(17)26-13-15-6-8-16(24)9-7-15/h4,6-9,11,26H,1,5,10,13H2,2-3H3/b19-11+. The number of amides is 1. The fourth-order valence-corrected chi connectivity index (χ4v) is 4.62. The van der Waals surface area contributed by atoms with Crippen molar-refractivity contribution in [3.05, 3.63) is 80.3 Å². The number of rotatable bonds is 7. The molecule has 6 nitrogen and oxygen atoms in total. The van der Waals surface area contributed by atoms with Crippen molar-refractivity contribution in [1.29, 1.82) is 5.26 Å². The third-order valence-electron chi connectivity index (χ3n) is 5.03. The largest absolute Gasteiger partial charge is 0.367 e. The number of nitrogens with zero attached hydrogens (tertiary/aromatic N) is 3. The van der Waals surface area contributed by atoms with E-state index >= 15 is 0 Å². The molecule has 0 radical (unpaired) electrons. The smallest absolute Gasteiger partial charge is 0.270 e. The van der Waals surface area contributed by atoms with Crippen LogP contribution in [0.4, 0.5) is 10.2 Å². The van der Waals surface area contributed by atoms with Gasteiger partial charge in [-0.2, -0.15) is 5.26 Å². The number of hydrogen-bond donors (Lipinski definition) is 1. The van der Waals surface area contributed by atoms with Crippen LogP contribution in [0.5, 0.6) is 0 Å². The Morgan fingerprint density at radius 3 is 2.59 bits per heavy atom. The van der Waals surface area contributed by atoms with Crippen molar-refractivity contribution < 1.29 is 9.18 Å². The van der Waals surface area contributed by atoms with Crippen LogP contribution in [0.2, 0.25) is 0 Å². The Kier molecular flexibility index (Phi) is 7.28. The summed E-state index contributed by atoms with van der Waals surface area (Å²) in [6, 6.07) is 8.00. The van der Waals surface area contributed by atoms with Gasteiger partial charge in [-0.1, -0.05) is 42.2 Å². The van der Waals surface area contributed by atoms with Gasteiger partial charge in [0.15, 0.2) is 0 Å². The topological polar surface area (TPSA) is 78.1 Å². The van der Waals surface area contributed by atoms with Gasteiger partial charge in [-0.25, -0.2) is 4.39 Å². The second kappa shape index (κ2) is 9.94. The van der Waals surface area contributed by atoms with E-state index in [2.05, 4.69) is 11.9 Å². The summed E-state index contributed by atoms with van der Waals surface area (Å²) >= 11 is 6.47. The summed E-state index contributed by atoms with van der Waals surface area (Å²) in [5.74, 6) is -0.112. The van der Waals surface area contributed by atoms with Crippen LogP contribution < -0.4 is 10.9 Å². The van der Waals surface area contributed by atoms with Crippen LogP contribution >= 0.6 is 24.0 Å². The van der Waals surface area contributed by atoms with Crippen molar-refractivity contribution in [2.75, 3.05) is 11.9 Å². The molecule has 1 saturated heterocycles. The van der Waals surface area contributed by atoms with Crippen molar-refractivity contribution in [2.45, 2.75) is 26.9 Å². The Labute approximate surface area is 195 Å². The number of nitriles is 1. The summed E-state index contributed by atoms with van der Waals surface area (Å²) in [4.78, 5) is 27.6. The normalized spacial score (nSPS) is 14.7. The minimum Gasteiger partial charge on any atom is -0.367 e. The maximum atomic E-state index is 13.2. The van der Waals surface area contributed by atoms with Crippen LogP contribution in [0.25, 0.3) is 6.08 Å². The molecule has 1 aromatic carbocycles. The van der Waals surface area contributed by atoms with Gasteiger partial charge in [0, 0.05) is 25.2 Å². The van der Waals surface area contributed by atoms with Crippen LogP contribution in [-0.2, 0) is 17.9 Å². The van der Waals surface area contributed by atoms with E-state index in [4.69, 9.17) is 12.2 Å². The van der Waals surface area contributed by atoms with Crippen LogP contribution in [0.1, 0.15) is 29.2 Å². The monoisotopic (exact) mass is 468 g/mol. The van der Waals surface area contributed by atoms with Gasteiger partial charge in [0.2, 0.25) is 0 Å². The van der Waals surface area contributed by atoms with Gasteiger partial charge in [-0.3, -0.25) is 19.1 Å². The lowest BCUT2D eigenvalue weighted by Crippen LogP contribution is -2.28. The average Bonchev–Trinajstić information content (AvgIpc) is 3.03.